The van der Waals surface area contributed by atoms with Crippen molar-refractivity contribution in [3.63, 3.8) is 0 Å². The summed E-state index contributed by atoms with van der Waals surface area (Å²) < 4.78 is 23.3. The third kappa shape index (κ3) is 3.93. The van der Waals surface area contributed by atoms with Crippen molar-refractivity contribution in [3.8, 4) is 0 Å². The molecule has 0 saturated heterocycles. The lowest BCUT2D eigenvalue weighted by molar-refractivity contribution is -0.384. The first-order chi connectivity index (χ1) is 9.77. The quantitative estimate of drug-likeness (QED) is 0.682. The Balaban J connectivity index is 2.09. The third-order valence-corrected chi connectivity index (χ3v) is 5.65. The molecule has 7 heteroatoms. The Morgan fingerprint density at radius 3 is 2.62 bits per heavy atom. The van der Waals surface area contributed by atoms with E-state index < -0.39 is 14.8 Å². The molecule has 1 aliphatic rings. The van der Waals surface area contributed by atoms with Crippen molar-refractivity contribution < 1.29 is 13.3 Å². The fourth-order valence-electron chi connectivity index (χ4n) is 2.81. The summed E-state index contributed by atoms with van der Waals surface area (Å²) in [5.74, 6) is 0. The van der Waals surface area contributed by atoms with Gasteiger partial charge in [-0.05, 0) is 37.8 Å². The maximum absolute atomic E-state index is 11.7. The molecular weight excluding hydrogens is 292 g/mol. The van der Waals surface area contributed by atoms with E-state index >= 15 is 0 Å². The number of sulfone groups is 1. The summed E-state index contributed by atoms with van der Waals surface area (Å²) in [5, 5.41) is 13.8. The van der Waals surface area contributed by atoms with Crippen molar-refractivity contribution in [1.82, 2.24) is 0 Å². The van der Waals surface area contributed by atoms with Crippen molar-refractivity contribution in [2.24, 2.45) is 0 Å². The van der Waals surface area contributed by atoms with Gasteiger partial charge in [-0.2, -0.15) is 0 Å². The summed E-state index contributed by atoms with van der Waals surface area (Å²) in [7, 11) is -3.01. The van der Waals surface area contributed by atoms with Crippen LogP contribution in [-0.2, 0) is 9.84 Å². The molecule has 0 radical (unpaired) electrons. The van der Waals surface area contributed by atoms with Crippen LogP contribution in [-0.4, -0.2) is 30.9 Å². The lowest BCUT2D eigenvalue weighted by Crippen LogP contribution is -2.34. The van der Waals surface area contributed by atoms with E-state index in [4.69, 9.17) is 0 Å². The molecule has 2 atom stereocenters. The van der Waals surface area contributed by atoms with E-state index in [1.807, 2.05) is 6.92 Å². The zero-order valence-electron chi connectivity index (χ0n) is 12.2. The first-order valence-corrected chi connectivity index (χ1v) is 8.93. The molecule has 2 unspecified atom stereocenters. The molecule has 0 aromatic heterocycles. The van der Waals surface area contributed by atoms with E-state index in [9.17, 15) is 18.5 Å². The van der Waals surface area contributed by atoms with Crippen LogP contribution in [0.1, 0.15) is 31.2 Å². The number of benzene rings is 1. The van der Waals surface area contributed by atoms with Crippen molar-refractivity contribution in [2.75, 3.05) is 11.6 Å². The van der Waals surface area contributed by atoms with Crippen LogP contribution in [0.3, 0.4) is 0 Å². The monoisotopic (exact) mass is 312 g/mol. The molecule has 116 valence electrons. The number of hydrogen-bond donors (Lipinski definition) is 1. The number of anilines is 1. The van der Waals surface area contributed by atoms with Crippen LogP contribution >= 0.6 is 0 Å². The minimum Gasteiger partial charge on any atom is -0.382 e. The SMILES string of the molecule is Cc1cc([N+](=O)[O-])ccc1NC1CCCC(S(C)(=O)=O)C1. The van der Waals surface area contributed by atoms with Crippen LogP contribution < -0.4 is 5.32 Å². The molecule has 1 saturated carbocycles. The minimum atomic E-state index is -3.01. The number of aryl methyl sites for hydroxylation is 1. The Labute approximate surface area is 124 Å². The van der Waals surface area contributed by atoms with E-state index in [1.165, 1.54) is 18.4 Å². The highest BCUT2D eigenvalue weighted by atomic mass is 32.2. The molecule has 1 aromatic rings. The van der Waals surface area contributed by atoms with Gasteiger partial charge in [-0.15, -0.1) is 0 Å². The molecular formula is C14H20N2O4S. The zero-order valence-corrected chi connectivity index (χ0v) is 13.0. The second-order valence-corrected chi connectivity index (χ2v) is 8.04. The summed E-state index contributed by atoms with van der Waals surface area (Å²) in [4.78, 5) is 10.3. The van der Waals surface area contributed by atoms with Crippen LogP contribution in [0, 0.1) is 17.0 Å². The molecule has 0 amide bonds. The fourth-order valence-corrected chi connectivity index (χ4v) is 3.98. The fraction of sp³-hybridized carbons (Fsp3) is 0.571. The highest BCUT2D eigenvalue weighted by Crippen LogP contribution is 2.28. The first-order valence-electron chi connectivity index (χ1n) is 6.98. The number of rotatable bonds is 4. The normalized spacial score (nSPS) is 22.8. The topological polar surface area (TPSA) is 89.3 Å². The molecule has 0 spiro atoms. The van der Waals surface area contributed by atoms with Gasteiger partial charge < -0.3 is 5.32 Å². The van der Waals surface area contributed by atoms with Crippen LogP contribution in [0.4, 0.5) is 11.4 Å². The average molecular weight is 312 g/mol. The lowest BCUT2D eigenvalue weighted by Gasteiger charge is -2.29. The molecule has 0 aliphatic heterocycles. The Morgan fingerprint density at radius 1 is 1.33 bits per heavy atom. The van der Waals surface area contributed by atoms with Crippen molar-refractivity contribution >= 4 is 21.2 Å². The minimum absolute atomic E-state index is 0.0655. The van der Waals surface area contributed by atoms with Gasteiger partial charge in [0.25, 0.3) is 5.69 Å². The highest BCUT2D eigenvalue weighted by Gasteiger charge is 2.29. The smallest absolute Gasteiger partial charge is 0.269 e. The predicted molar refractivity (Wildman–Crippen MR) is 82.3 cm³/mol. The number of hydrogen-bond acceptors (Lipinski definition) is 5. The second-order valence-electron chi connectivity index (χ2n) is 5.72. The summed E-state index contributed by atoms with van der Waals surface area (Å²) in [6, 6.07) is 4.78. The van der Waals surface area contributed by atoms with Gasteiger partial charge in [0.05, 0.1) is 10.2 Å². The first kappa shape index (κ1) is 15.8. The Hall–Kier alpha value is -1.63. The lowest BCUT2D eigenvalue weighted by atomic mass is 9.94. The molecule has 6 nitrogen and oxygen atoms in total. The van der Waals surface area contributed by atoms with Gasteiger partial charge in [-0.25, -0.2) is 8.42 Å². The van der Waals surface area contributed by atoms with Gasteiger partial charge in [0.2, 0.25) is 0 Å². The van der Waals surface area contributed by atoms with E-state index in [2.05, 4.69) is 5.32 Å². The number of nitrogens with one attached hydrogen (secondary N) is 1. The van der Waals surface area contributed by atoms with Gasteiger partial charge in [0, 0.05) is 30.1 Å². The molecule has 21 heavy (non-hydrogen) atoms. The molecule has 1 aromatic carbocycles. The van der Waals surface area contributed by atoms with E-state index in [-0.39, 0.29) is 17.0 Å². The van der Waals surface area contributed by atoms with Crippen molar-refractivity contribution in [1.29, 1.82) is 0 Å². The highest BCUT2D eigenvalue weighted by molar-refractivity contribution is 7.91. The van der Waals surface area contributed by atoms with Crippen LogP contribution in [0.25, 0.3) is 0 Å². The largest absolute Gasteiger partial charge is 0.382 e. The van der Waals surface area contributed by atoms with Crippen molar-refractivity contribution in [3.05, 3.63) is 33.9 Å². The van der Waals surface area contributed by atoms with Gasteiger partial charge >= 0.3 is 0 Å². The Bertz CT molecular complexity index is 642. The number of nitrogens with zero attached hydrogens (tertiary/aromatic N) is 1. The number of non-ortho nitro benzene ring substituents is 1. The Kier molecular flexibility index (Phi) is 4.51. The van der Waals surface area contributed by atoms with Gasteiger partial charge in [-0.3, -0.25) is 10.1 Å². The summed E-state index contributed by atoms with van der Waals surface area (Å²) in [5.41, 5.74) is 1.70. The molecule has 1 N–H and O–H groups in total. The second kappa shape index (κ2) is 6.01. The summed E-state index contributed by atoms with van der Waals surface area (Å²) in [6.45, 7) is 1.81. The number of nitro groups is 1. The molecule has 1 aliphatic carbocycles. The maximum atomic E-state index is 11.7. The maximum Gasteiger partial charge on any atom is 0.269 e. The summed E-state index contributed by atoms with van der Waals surface area (Å²) in [6.07, 6.45) is 4.40. The average Bonchev–Trinajstić information content (AvgIpc) is 2.40. The summed E-state index contributed by atoms with van der Waals surface area (Å²) >= 11 is 0. The van der Waals surface area contributed by atoms with E-state index in [0.29, 0.717) is 6.42 Å². The molecule has 0 heterocycles. The molecule has 1 fully saturated rings. The third-order valence-electron chi connectivity index (χ3n) is 4.01. The van der Waals surface area contributed by atoms with Crippen LogP contribution in [0.15, 0.2) is 18.2 Å². The zero-order chi connectivity index (χ0) is 15.6. The Morgan fingerprint density at radius 2 is 2.05 bits per heavy atom. The predicted octanol–water partition coefficient (Wildman–Crippen LogP) is 2.67. The van der Waals surface area contributed by atoms with Crippen LogP contribution in [0.2, 0.25) is 0 Å². The van der Waals surface area contributed by atoms with Crippen molar-refractivity contribution in [2.45, 2.75) is 43.9 Å². The van der Waals surface area contributed by atoms with Crippen LogP contribution in [0.5, 0.6) is 0 Å². The van der Waals surface area contributed by atoms with Gasteiger partial charge in [0.1, 0.15) is 9.84 Å². The van der Waals surface area contributed by atoms with Gasteiger partial charge in [0.15, 0.2) is 0 Å². The molecule has 0 bridgehead atoms. The molecule has 2 rings (SSSR count). The van der Waals surface area contributed by atoms with Gasteiger partial charge in [-0.1, -0.05) is 6.42 Å². The standard InChI is InChI=1S/C14H20N2O4S/c1-10-8-12(16(17)18)6-7-14(10)15-11-4-3-5-13(9-11)21(2,19)20/h6-8,11,13,15H,3-5,9H2,1-2H3. The van der Waals surface area contributed by atoms with E-state index in [1.54, 1.807) is 6.07 Å². The van der Waals surface area contributed by atoms with E-state index in [0.717, 1.165) is 30.5 Å². The number of nitro benzene ring substituents is 1.